The maximum Gasteiger partial charge on any atom is 0.141 e. The van der Waals surface area contributed by atoms with Crippen LogP contribution >= 0.6 is 0 Å². The Morgan fingerprint density at radius 3 is 2.57 bits per heavy atom. The number of aliphatic hydroxyl groups is 1. The summed E-state index contributed by atoms with van der Waals surface area (Å²) in [6.07, 6.45) is 6.22. The van der Waals surface area contributed by atoms with Crippen LogP contribution in [0, 0.1) is 18.3 Å². The first-order valence-electron chi connectivity index (χ1n) is 12.0. The molecule has 37 heavy (non-hydrogen) atoms. The first kappa shape index (κ1) is 27.2. The smallest absolute Gasteiger partial charge is 0.141 e. The lowest BCUT2D eigenvalue weighted by Crippen LogP contribution is -2.35. The molecule has 2 aromatic heterocycles. The van der Waals surface area contributed by atoms with E-state index in [1.807, 2.05) is 57.2 Å². The Hall–Kier alpha value is -4.39. The van der Waals surface area contributed by atoms with Crippen LogP contribution in [0.1, 0.15) is 36.1 Å². The van der Waals surface area contributed by atoms with Gasteiger partial charge in [-0.15, -0.1) is 0 Å². The molecule has 0 fully saturated rings. The molecule has 9 heteroatoms. The number of hydrogen-bond acceptors (Lipinski definition) is 9. The Morgan fingerprint density at radius 1 is 1.22 bits per heavy atom. The summed E-state index contributed by atoms with van der Waals surface area (Å²) in [5.74, 6) is 7.36. The molecule has 0 aliphatic carbocycles. The molecule has 1 atom stereocenters. The molecule has 0 bridgehead atoms. The molecule has 3 aromatic rings. The molecule has 1 unspecified atom stereocenters. The minimum atomic E-state index is -0.658. The lowest BCUT2D eigenvalue weighted by Gasteiger charge is -2.23. The number of rotatable bonds is 11. The normalized spacial score (nSPS) is 12.1. The Labute approximate surface area is 218 Å². The summed E-state index contributed by atoms with van der Waals surface area (Å²) < 4.78 is 0. The van der Waals surface area contributed by atoms with Gasteiger partial charge in [0, 0.05) is 54.6 Å². The second kappa shape index (κ2) is 12.5. The van der Waals surface area contributed by atoms with Crippen molar-refractivity contribution in [1.82, 2.24) is 15.0 Å². The van der Waals surface area contributed by atoms with Crippen LogP contribution in [0.25, 0.3) is 5.70 Å². The monoisotopic (exact) mass is 498 g/mol. The molecule has 0 saturated heterocycles. The Balaban J connectivity index is 1.86. The third-order valence-corrected chi connectivity index (χ3v) is 5.52. The first-order valence-corrected chi connectivity index (χ1v) is 12.0. The maximum atomic E-state index is 10.5. The average Bonchev–Trinajstić information content (AvgIpc) is 2.85. The van der Waals surface area contributed by atoms with E-state index in [4.69, 9.17) is 16.8 Å². The molecule has 9 nitrogen and oxygen atoms in total. The summed E-state index contributed by atoms with van der Waals surface area (Å²) in [7, 11) is 0. The van der Waals surface area contributed by atoms with Crippen molar-refractivity contribution in [1.29, 1.82) is 5.26 Å². The fourth-order valence-corrected chi connectivity index (χ4v) is 3.90. The van der Waals surface area contributed by atoms with Gasteiger partial charge in [0.25, 0.3) is 0 Å². The van der Waals surface area contributed by atoms with E-state index in [0.717, 1.165) is 16.8 Å². The van der Waals surface area contributed by atoms with Gasteiger partial charge in [0.2, 0.25) is 0 Å². The van der Waals surface area contributed by atoms with Crippen LogP contribution in [-0.2, 0) is 6.42 Å². The number of benzene rings is 1. The van der Waals surface area contributed by atoms with Crippen LogP contribution in [0.3, 0.4) is 0 Å². The second-order valence-electron chi connectivity index (χ2n) is 9.04. The minimum absolute atomic E-state index is 0.121. The van der Waals surface area contributed by atoms with Gasteiger partial charge < -0.3 is 21.2 Å². The van der Waals surface area contributed by atoms with Gasteiger partial charge in [0.15, 0.2) is 0 Å². The van der Waals surface area contributed by atoms with Crippen LogP contribution in [0.4, 0.5) is 17.3 Å². The third-order valence-electron chi connectivity index (χ3n) is 5.52. The van der Waals surface area contributed by atoms with E-state index in [1.54, 1.807) is 29.6 Å². The Bertz CT molecular complexity index is 1280. The summed E-state index contributed by atoms with van der Waals surface area (Å²) in [6.45, 7) is 10.1. The van der Waals surface area contributed by atoms with Gasteiger partial charge in [-0.1, -0.05) is 36.9 Å². The van der Waals surface area contributed by atoms with E-state index >= 15 is 0 Å². The predicted octanol–water partition coefficient (Wildman–Crippen LogP) is 3.80. The highest BCUT2D eigenvalue weighted by atomic mass is 16.3. The van der Waals surface area contributed by atoms with E-state index in [2.05, 4.69) is 27.9 Å². The molecule has 0 aliphatic rings. The van der Waals surface area contributed by atoms with Crippen LogP contribution in [0.15, 0.2) is 73.8 Å². The molecule has 0 spiro atoms. The van der Waals surface area contributed by atoms with Crippen molar-refractivity contribution in [3.05, 3.63) is 96.1 Å². The van der Waals surface area contributed by atoms with Crippen molar-refractivity contribution in [2.75, 3.05) is 16.8 Å². The van der Waals surface area contributed by atoms with E-state index in [1.165, 1.54) is 11.2 Å². The van der Waals surface area contributed by atoms with Crippen LogP contribution in [0.2, 0.25) is 0 Å². The number of anilines is 3. The van der Waals surface area contributed by atoms with Gasteiger partial charge in [-0.3, -0.25) is 4.90 Å². The van der Waals surface area contributed by atoms with Crippen LogP contribution in [0.5, 0.6) is 0 Å². The number of nitrogens with zero attached hydrogens (tertiary/aromatic N) is 5. The molecule has 2 heterocycles. The summed E-state index contributed by atoms with van der Waals surface area (Å²) in [5.41, 5.74) is 10.6. The number of pyridine rings is 2. The van der Waals surface area contributed by atoms with Gasteiger partial charge in [0.1, 0.15) is 17.7 Å². The van der Waals surface area contributed by atoms with Crippen LogP contribution < -0.4 is 21.8 Å². The molecule has 0 aliphatic heterocycles. The summed E-state index contributed by atoms with van der Waals surface area (Å²) >= 11 is 0. The summed E-state index contributed by atoms with van der Waals surface area (Å²) in [5, 5.41) is 24.4. The zero-order chi connectivity index (χ0) is 26.9. The highest BCUT2D eigenvalue weighted by Crippen LogP contribution is 2.31. The number of aromatic nitrogens is 2. The number of hydrogen-bond donors (Lipinski definition) is 4. The third kappa shape index (κ3) is 7.30. The first-order chi connectivity index (χ1) is 17.7. The van der Waals surface area contributed by atoms with E-state index in [9.17, 15) is 5.11 Å². The zero-order valence-electron chi connectivity index (χ0n) is 21.5. The van der Waals surface area contributed by atoms with Crippen molar-refractivity contribution in [2.45, 2.75) is 39.3 Å². The van der Waals surface area contributed by atoms with Crippen LogP contribution in [-0.4, -0.2) is 38.8 Å². The number of aryl methyl sites for hydroxylation is 1. The van der Waals surface area contributed by atoms with E-state index in [-0.39, 0.29) is 12.6 Å². The molecule has 6 N–H and O–H groups in total. The van der Waals surface area contributed by atoms with E-state index < -0.39 is 6.10 Å². The second-order valence-corrected chi connectivity index (χ2v) is 9.04. The molecular formula is C28H34N8O. The molecule has 192 valence electrons. The quantitative estimate of drug-likeness (QED) is 0.229. The Kier molecular flexibility index (Phi) is 9.21. The molecule has 1 aromatic carbocycles. The predicted molar refractivity (Wildman–Crippen MR) is 148 cm³/mol. The number of nitrogens with one attached hydrogen (secondary N) is 1. The van der Waals surface area contributed by atoms with Crippen molar-refractivity contribution >= 4 is 23.0 Å². The number of hydrazine groups is 1. The largest absolute Gasteiger partial charge is 0.397 e. The van der Waals surface area contributed by atoms with Gasteiger partial charge in [-0.05, 0) is 38.0 Å². The molecule has 0 amide bonds. The topological polar surface area (TPSA) is 140 Å². The van der Waals surface area contributed by atoms with Crippen molar-refractivity contribution in [2.24, 2.45) is 11.6 Å². The molecule has 3 rings (SSSR count). The highest BCUT2D eigenvalue weighted by molar-refractivity contribution is 5.77. The average molecular weight is 499 g/mol. The maximum absolute atomic E-state index is 10.5. The number of nitriles is 1. The summed E-state index contributed by atoms with van der Waals surface area (Å²) in [6, 6.07) is 15.6. The van der Waals surface area contributed by atoms with Crippen molar-refractivity contribution in [3.8, 4) is 6.07 Å². The van der Waals surface area contributed by atoms with E-state index in [0.29, 0.717) is 34.9 Å². The van der Waals surface area contributed by atoms with Gasteiger partial charge >= 0.3 is 0 Å². The van der Waals surface area contributed by atoms with Gasteiger partial charge in [-0.2, -0.15) is 5.26 Å². The standard InChI is InChI=1S/C28H34N8O/c1-5-36(28-20(4)11-22(14-29)15-33-28)27-13-26(34-19(2)3)24(16-32-27)25(30)18-35(31)17-23(37)12-21-9-7-6-8-10-21/h5-11,13,15-16,18-19,23,37H,1,12,17,30-31H2,2-4H3,(H,32,34)/b25-18-. The highest BCUT2D eigenvalue weighted by Gasteiger charge is 2.17. The minimum Gasteiger partial charge on any atom is -0.397 e. The lowest BCUT2D eigenvalue weighted by molar-refractivity contribution is 0.135. The van der Waals surface area contributed by atoms with Gasteiger partial charge in [0.05, 0.1) is 23.9 Å². The lowest BCUT2D eigenvalue weighted by atomic mass is 10.1. The van der Waals surface area contributed by atoms with Crippen molar-refractivity contribution < 1.29 is 5.11 Å². The zero-order valence-corrected chi connectivity index (χ0v) is 21.5. The fourth-order valence-electron chi connectivity index (χ4n) is 3.90. The van der Waals surface area contributed by atoms with Crippen molar-refractivity contribution in [3.63, 3.8) is 0 Å². The molecule has 0 radical (unpaired) electrons. The van der Waals surface area contributed by atoms with Gasteiger partial charge in [-0.25, -0.2) is 15.8 Å². The Morgan fingerprint density at radius 2 is 1.95 bits per heavy atom. The number of nitrogens with two attached hydrogens (primary N) is 2. The number of aliphatic hydroxyl groups excluding tert-OH is 1. The molecular weight excluding hydrogens is 464 g/mol. The fraction of sp³-hybridized carbons (Fsp3) is 0.250. The SMILES string of the molecule is C=CN(c1cc(NC(C)C)c(/C(N)=C/N(N)CC(O)Cc2ccccc2)cn1)c1ncc(C#N)cc1C. The summed E-state index contributed by atoms with van der Waals surface area (Å²) in [4.78, 5) is 10.8. The molecule has 0 saturated carbocycles.